The molecule has 4 aromatic heterocycles. The van der Waals surface area contributed by atoms with Gasteiger partial charge in [-0.2, -0.15) is 0 Å². The lowest BCUT2D eigenvalue weighted by Gasteiger charge is -2.15. The summed E-state index contributed by atoms with van der Waals surface area (Å²) in [6.07, 6.45) is 7.96. The topological polar surface area (TPSA) is 105 Å². The maximum Gasteiger partial charge on any atom is 0.267 e. The molecule has 0 fully saturated rings. The van der Waals surface area contributed by atoms with Crippen LogP contribution in [-0.4, -0.2) is 31.4 Å². The lowest BCUT2D eigenvalue weighted by molar-refractivity contribution is 0.0950. The standard InChI is InChI=1S/C24H26N6O2/c1-3-4-5-10-27-23(31)18-14-19-22(28-21-16(2)7-6-13-29(21)24(19)32)30(20(18)25)15-17-8-11-26-12-9-17/h6-9,11-14,25H,3-5,10,15H2,1-2H3,(H,27,31). The monoisotopic (exact) mass is 430 g/mol. The van der Waals surface area contributed by atoms with Gasteiger partial charge in [0.1, 0.15) is 16.8 Å². The van der Waals surface area contributed by atoms with Gasteiger partial charge in [-0.25, -0.2) is 4.98 Å². The Hall–Kier alpha value is -3.81. The molecule has 0 aromatic carbocycles. The highest BCUT2D eigenvalue weighted by molar-refractivity contribution is 5.96. The Morgan fingerprint density at radius 2 is 1.94 bits per heavy atom. The summed E-state index contributed by atoms with van der Waals surface area (Å²) in [5.41, 5.74) is 2.58. The van der Waals surface area contributed by atoms with Crippen LogP contribution in [0.15, 0.2) is 53.7 Å². The molecule has 32 heavy (non-hydrogen) atoms. The van der Waals surface area contributed by atoms with E-state index in [0.717, 1.165) is 30.4 Å². The first-order valence-corrected chi connectivity index (χ1v) is 10.8. The molecule has 0 radical (unpaired) electrons. The number of rotatable bonds is 7. The number of nitrogens with one attached hydrogen (secondary N) is 2. The fourth-order valence-corrected chi connectivity index (χ4v) is 3.77. The van der Waals surface area contributed by atoms with Crippen LogP contribution in [0.3, 0.4) is 0 Å². The minimum atomic E-state index is -0.356. The largest absolute Gasteiger partial charge is 0.352 e. The summed E-state index contributed by atoms with van der Waals surface area (Å²) >= 11 is 0. The van der Waals surface area contributed by atoms with Gasteiger partial charge in [0.2, 0.25) is 0 Å². The SMILES string of the molecule is CCCCCNC(=O)c1cc2c(=O)n3cccc(C)c3nc2n(Cc2ccncc2)c1=N. The Labute approximate surface area is 185 Å². The summed E-state index contributed by atoms with van der Waals surface area (Å²) in [5.74, 6) is -0.356. The molecule has 8 heteroatoms. The lowest BCUT2D eigenvalue weighted by Crippen LogP contribution is -2.35. The summed E-state index contributed by atoms with van der Waals surface area (Å²) in [7, 11) is 0. The Bertz CT molecular complexity index is 1410. The van der Waals surface area contributed by atoms with Crippen molar-refractivity contribution in [1.29, 1.82) is 5.41 Å². The Kier molecular flexibility index (Phi) is 6.11. The van der Waals surface area contributed by atoms with Gasteiger partial charge in [-0.1, -0.05) is 25.8 Å². The first-order valence-electron chi connectivity index (χ1n) is 10.8. The van der Waals surface area contributed by atoms with Crippen LogP contribution >= 0.6 is 0 Å². The molecule has 4 heterocycles. The number of aromatic nitrogens is 4. The van der Waals surface area contributed by atoms with Crippen LogP contribution in [0, 0.1) is 12.3 Å². The molecule has 2 N–H and O–H groups in total. The van der Waals surface area contributed by atoms with E-state index in [2.05, 4.69) is 17.2 Å². The van der Waals surface area contributed by atoms with Crippen LogP contribution in [0.1, 0.15) is 47.7 Å². The van der Waals surface area contributed by atoms with Gasteiger partial charge in [-0.05, 0) is 48.7 Å². The number of nitrogens with zero attached hydrogens (tertiary/aromatic N) is 4. The van der Waals surface area contributed by atoms with Gasteiger partial charge in [-0.3, -0.25) is 24.4 Å². The zero-order valence-electron chi connectivity index (χ0n) is 18.3. The Morgan fingerprint density at radius 3 is 2.69 bits per heavy atom. The summed E-state index contributed by atoms with van der Waals surface area (Å²) in [6.45, 7) is 4.81. The first-order chi connectivity index (χ1) is 15.5. The van der Waals surface area contributed by atoms with Crippen LogP contribution in [0.5, 0.6) is 0 Å². The van der Waals surface area contributed by atoms with E-state index in [0.29, 0.717) is 29.8 Å². The molecule has 4 aromatic rings. The lowest BCUT2D eigenvalue weighted by atomic mass is 10.1. The highest BCUT2D eigenvalue weighted by Gasteiger charge is 2.18. The second kappa shape index (κ2) is 9.13. The molecule has 0 spiro atoms. The summed E-state index contributed by atoms with van der Waals surface area (Å²) in [4.78, 5) is 35.0. The van der Waals surface area contributed by atoms with E-state index < -0.39 is 0 Å². The summed E-state index contributed by atoms with van der Waals surface area (Å²) in [6, 6.07) is 8.87. The normalized spacial score (nSPS) is 11.2. The van der Waals surface area contributed by atoms with Crippen LogP contribution in [0.2, 0.25) is 0 Å². The zero-order chi connectivity index (χ0) is 22.7. The van der Waals surface area contributed by atoms with Gasteiger partial charge >= 0.3 is 0 Å². The number of unbranched alkanes of at least 4 members (excludes halogenated alkanes) is 2. The predicted octanol–water partition coefficient (Wildman–Crippen LogP) is 2.80. The maximum absolute atomic E-state index is 13.3. The number of fused-ring (bicyclic) bond motifs is 2. The molecule has 0 aliphatic carbocycles. The minimum Gasteiger partial charge on any atom is -0.352 e. The van der Waals surface area contributed by atoms with E-state index in [9.17, 15) is 9.59 Å². The molecule has 0 bridgehead atoms. The molecule has 0 atom stereocenters. The molecule has 1 amide bonds. The van der Waals surface area contributed by atoms with E-state index >= 15 is 0 Å². The van der Waals surface area contributed by atoms with E-state index in [1.165, 1.54) is 10.5 Å². The minimum absolute atomic E-state index is 0.0205. The van der Waals surface area contributed by atoms with Gasteiger partial charge in [0.15, 0.2) is 0 Å². The number of hydrogen-bond donors (Lipinski definition) is 2. The van der Waals surface area contributed by atoms with Crippen molar-refractivity contribution in [1.82, 2.24) is 24.3 Å². The molecule has 0 saturated heterocycles. The smallest absolute Gasteiger partial charge is 0.267 e. The molecule has 0 aliphatic heterocycles. The number of amides is 1. The molecular formula is C24H26N6O2. The number of pyridine rings is 3. The van der Waals surface area contributed by atoms with Gasteiger partial charge in [0, 0.05) is 25.1 Å². The summed E-state index contributed by atoms with van der Waals surface area (Å²) in [5, 5.41) is 12.0. The average molecular weight is 431 g/mol. The van der Waals surface area contributed by atoms with Crippen LogP contribution in [0.4, 0.5) is 0 Å². The Balaban J connectivity index is 1.94. The molecule has 164 valence electrons. The predicted molar refractivity (Wildman–Crippen MR) is 123 cm³/mol. The van der Waals surface area contributed by atoms with E-state index in [4.69, 9.17) is 10.4 Å². The van der Waals surface area contributed by atoms with E-state index in [-0.39, 0.29) is 22.5 Å². The van der Waals surface area contributed by atoms with Crippen molar-refractivity contribution in [2.24, 2.45) is 0 Å². The van der Waals surface area contributed by atoms with Crippen molar-refractivity contribution < 1.29 is 4.79 Å². The quantitative estimate of drug-likeness (QED) is 0.347. The summed E-state index contributed by atoms with van der Waals surface area (Å²) < 4.78 is 3.11. The van der Waals surface area contributed by atoms with Gasteiger partial charge in [0.25, 0.3) is 11.5 Å². The van der Waals surface area contributed by atoms with Gasteiger partial charge < -0.3 is 9.88 Å². The molecule has 0 unspecified atom stereocenters. The first kappa shape index (κ1) is 21.4. The molecular weight excluding hydrogens is 404 g/mol. The highest BCUT2D eigenvalue weighted by Crippen LogP contribution is 2.14. The number of carbonyl (C=O) groups is 1. The highest BCUT2D eigenvalue weighted by atomic mass is 16.1. The number of carbonyl (C=O) groups excluding carboxylic acids is 1. The third-order valence-electron chi connectivity index (χ3n) is 5.53. The molecule has 8 nitrogen and oxygen atoms in total. The second-order valence-corrected chi connectivity index (χ2v) is 7.85. The van der Waals surface area contributed by atoms with Crippen molar-refractivity contribution in [2.45, 2.75) is 39.7 Å². The van der Waals surface area contributed by atoms with Crippen molar-refractivity contribution in [2.75, 3.05) is 6.54 Å². The van der Waals surface area contributed by atoms with Crippen molar-refractivity contribution in [3.63, 3.8) is 0 Å². The molecule has 0 saturated carbocycles. The van der Waals surface area contributed by atoms with Crippen molar-refractivity contribution in [3.05, 3.63) is 81.5 Å². The van der Waals surface area contributed by atoms with Crippen molar-refractivity contribution in [3.8, 4) is 0 Å². The van der Waals surface area contributed by atoms with Crippen LogP contribution in [-0.2, 0) is 6.54 Å². The van der Waals surface area contributed by atoms with E-state index in [1.807, 2.05) is 25.1 Å². The fourth-order valence-electron chi connectivity index (χ4n) is 3.77. The Morgan fingerprint density at radius 1 is 1.16 bits per heavy atom. The van der Waals surface area contributed by atoms with Crippen molar-refractivity contribution >= 4 is 22.6 Å². The molecule has 0 aliphatic rings. The second-order valence-electron chi connectivity index (χ2n) is 7.85. The third-order valence-corrected chi connectivity index (χ3v) is 5.53. The van der Waals surface area contributed by atoms with Crippen LogP contribution < -0.4 is 16.4 Å². The third kappa shape index (κ3) is 4.03. The van der Waals surface area contributed by atoms with Gasteiger partial charge in [0.05, 0.1) is 17.5 Å². The fraction of sp³-hybridized carbons (Fsp3) is 0.292. The number of aryl methyl sites for hydroxylation is 1. The van der Waals surface area contributed by atoms with Gasteiger partial charge in [-0.15, -0.1) is 0 Å². The van der Waals surface area contributed by atoms with E-state index in [1.54, 1.807) is 29.2 Å². The molecule has 4 rings (SSSR count). The number of hydrogen-bond acceptors (Lipinski definition) is 5. The average Bonchev–Trinajstić information content (AvgIpc) is 2.80. The van der Waals surface area contributed by atoms with Crippen LogP contribution in [0.25, 0.3) is 16.7 Å². The zero-order valence-corrected chi connectivity index (χ0v) is 18.3. The maximum atomic E-state index is 13.3.